The maximum absolute atomic E-state index is 12.8. The van der Waals surface area contributed by atoms with Gasteiger partial charge in [0.05, 0.1) is 12.2 Å². The van der Waals surface area contributed by atoms with E-state index in [1.807, 2.05) is 55.7 Å². The van der Waals surface area contributed by atoms with Crippen LogP contribution in [0.2, 0.25) is 0 Å². The zero-order valence-electron chi connectivity index (χ0n) is 15.6. The number of nitrogens with zero attached hydrogens (tertiary/aromatic N) is 2. The number of allylic oxidation sites excluding steroid dienone is 3. The molecule has 0 N–H and O–H groups in total. The molecule has 3 aromatic rings. The molecule has 0 radical (unpaired) electrons. The van der Waals surface area contributed by atoms with Gasteiger partial charge < -0.3 is 0 Å². The molecule has 1 heterocycles. The highest BCUT2D eigenvalue weighted by Crippen LogP contribution is 2.17. The van der Waals surface area contributed by atoms with Gasteiger partial charge in [-0.2, -0.15) is 0 Å². The minimum absolute atomic E-state index is 0.0337. The molecule has 26 heavy (non-hydrogen) atoms. The summed E-state index contributed by atoms with van der Waals surface area (Å²) >= 11 is 0. The van der Waals surface area contributed by atoms with Crippen LogP contribution in [0.1, 0.15) is 29.2 Å². The quantitative estimate of drug-likeness (QED) is 0.605. The molecule has 0 unspecified atom stereocenters. The van der Waals surface area contributed by atoms with Crippen molar-refractivity contribution in [3.63, 3.8) is 0 Å². The maximum Gasteiger partial charge on any atom is 0.333 e. The van der Waals surface area contributed by atoms with Gasteiger partial charge in [0.1, 0.15) is 0 Å². The Morgan fingerprint density at radius 3 is 2.46 bits per heavy atom. The van der Waals surface area contributed by atoms with E-state index in [0.717, 1.165) is 16.8 Å². The van der Waals surface area contributed by atoms with Gasteiger partial charge in [0.15, 0.2) is 0 Å². The summed E-state index contributed by atoms with van der Waals surface area (Å²) in [6.45, 7) is 10.5. The Balaban J connectivity index is 1.91. The van der Waals surface area contributed by atoms with Gasteiger partial charge in [-0.1, -0.05) is 54.6 Å². The van der Waals surface area contributed by atoms with E-state index in [1.54, 1.807) is 9.13 Å². The fourth-order valence-corrected chi connectivity index (χ4v) is 3.10. The summed E-state index contributed by atoms with van der Waals surface area (Å²) in [5.74, 6) is 0. The van der Waals surface area contributed by atoms with Crippen LogP contribution in [0.25, 0.3) is 11.3 Å². The summed E-state index contributed by atoms with van der Waals surface area (Å²) in [6.07, 6.45) is 7.53. The first-order valence-corrected chi connectivity index (χ1v) is 8.77. The lowest BCUT2D eigenvalue weighted by atomic mass is 10.1. The second-order valence-corrected chi connectivity index (χ2v) is 6.50. The van der Waals surface area contributed by atoms with Crippen LogP contribution in [0.4, 0.5) is 0 Å². The summed E-state index contributed by atoms with van der Waals surface area (Å²) in [7, 11) is 0. The Labute approximate surface area is 154 Å². The fourth-order valence-electron chi connectivity index (χ4n) is 3.10. The Bertz CT molecular complexity index is 1020. The lowest BCUT2D eigenvalue weighted by Gasteiger charge is -2.08. The SMILES string of the molecule is C=C/C(=C\C)c1ccc(-n2ccn(Cc3cc(C)ccc3C)c2=O)cc1. The van der Waals surface area contributed by atoms with Gasteiger partial charge in [-0.3, -0.25) is 9.13 Å². The average Bonchev–Trinajstić information content (AvgIpc) is 3.00. The smallest absolute Gasteiger partial charge is 0.294 e. The highest BCUT2D eigenvalue weighted by molar-refractivity contribution is 5.73. The summed E-state index contributed by atoms with van der Waals surface area (Å²) in [5, 5.41) is 0. The first-order chi connectivity index (χ1) is 12.5. The molecule has 0 aliphatic heterocycles. The van der Waals surface area contributed by atoms with E-state index in [2.05, 4.69) is 38.6 Å². The van der Waals surface area contributed by atoms with E-state index in [0.29, 0.717) is 6.54 Å². The first kappa shape index (κ1) is 17.7. The van der Waals surface area contributed by atoms with Crippen molar-refractivity contribution in [2.45, 2.75) is 27.3 Å². The lowest BCUT2D eigenvalue weighted by molar-refractivity contribution is 0.738. The predicted octanol–water partition coefficient (Wildman–Crippen LogP) is 4.89. The van der Waals surface area contributed by atoms with Crippen LogP contribution < -0.4 is 5.69 Å². The van der Waals surface area contributed by atoms with Crippen molar-refractivity contribution in [3.8, 4) is 5.69 Å². The van der Waals surface area contributed by atoms with Gasteiger partial charge in [0.2, 0.25) is 0 Å². The molecule has 3 nitrogen and oxygen atoms in total. The number of hydrogen-bond donors (Lipinski definition) is 0. The maximum atomic E-state index is 12.8. The second kappa shape index (κ2) is 7.44. The molecule has 0 spiro atoms. The molecule has 3 rings (SSSR count). The van der Waals surface area contributed by atoms with E-state index >= 15 is 0 Å². The van der Waals surface area contributed by atoms with E-state index < -0.39 is 0 Å². The molecule has 0 amide bonds. The average molecular weight is 344 g/mol. The van der Waals surface area contributed by atoms with Crippen LogP contribution in [0, 0.1) is 13.8 Å². The van der Waals surface area contributed by atoms with E-state index in [9.17, 15) is 4.79 Å². The number of rotatable bonds is 5. The van der Waals surface area contributed by atoms with Crippen molar-refractivity contribution in [2.24, 2.45) is 0 Å². The summed E-state index contributed by atoms with van der Waals surface area (Å²) in [6, 6.07) is 14.3. The summed E-state index contributed by atoms with van der Waals surface area (Å²) < 4.78 is 3.43. The Kier molecular flexibility index (Phi) is 5.08. The molecule has 3 heteroatoms. The minimum Gasteiger partial charge on any atom is -0.294 e. The Morgan fingerprint density at radius 2 is 1.81 bits per heavy atom. The van der Waals surface area contributed by atoms with Crippen LogP contribution in [-0.2, 0) is 6.54 Å². The standard InChI is InChI=1S/C23H24N2O/c1-5-19(6-2)20-9-11-22(12-10-20)25-14-13-24(23(25)26)16-21-15-17(3)7-8-18(21)4/h5-15H,1,16H2,2-4H3/b19-6+. The van der Waals surface area contributed by atoms with Crippen molar-refractivity contribution in [3.05, 3.63) is 106 Å². The highest BCUT2D eigenvalue weighted by Gasteiger charge is 2.08. The van der Waals surface area contributed by atoms with Gasteiger partial charge in [-0.25, -0.2) is 4.79 Å². The molecule has 1 aromatic heterocycles. The summed E-state index contributed by atoms with van der Waals surface area (Å²) in [4.78, 5) is 12.8. The third-order valence-electron chi connectivity index (χ3n) is 4.70. The highest BCUT2D eigenvalue weighted by atomic mass is 16.1. The van der Waals surface area contributed by atoms with Crippen molar-refractivity contribution in [2.75, 3.05) is 0 Å². The fraction of sp³-hybridized carbons (Fsp3) is 0.174. The Morgan fingerprint density at radius 1 is 1.08 bits per heavy atom. The number of benzene rings is 2. The molecule has 0 fully saturated rings. The number of hydrogen-bond acceptors (Lipinski definition) is 1. The van der Waals surface area contributed by atoms with Gasteiger partial charge >= 0.3 is 5.69 Å². The van der Waals surface area contributed by atoms with Gasteiger partial charge in [0, 0.05) is 12.4 Å². The van der Waals surface area contributed by atoms with Gasteiger partial charge in [-0.05, 0) is 55.2 Å². The molecule has 0 saturated heterocycles. The van der Waals surface area contributed by atoms with Crippen LogP contribution >= 0.6 is 0 Å². The van der Waals surface area contributed by atoms with E-state index in [4.69, 9.17) is 0 Å². The Hall–Kier alpha value is -3.07. The molecule has 0 aliphatic carbocycles. The number of imidazole rings is 1. The van der Waals surface area contributed by atoms with Crippen molar-refractivity contribution < 1.29 is 0 Å². The van der Waals surface area contributed by atoms with Crippen molar-refractivity contribution in [1.82, 2.24) is 9.13 Å². The van der Waals surface area contributed by atoms with Gasteiger partial charge in [-0.15, -0.1) is 0 Å². The topological polar surface area (TPSA) is 26.9 Å². The van der Waals surface area contributed by atoms with Crippen LogP contribution in [-0.4, -0.2) is 9.13 Å². The third-order valence-corrected chi connectivity index (χ3v) is 4.70. The molecular formula is C23H24N2O. The lowest BCUT2D eigenvalue weighted by Crippen LogP contribution is -2.23. The number of aromatic nitrogens is 2. The van der Waals surface area contributed by atoms with Crippen LogP contribution in [0.3, 0.4) is 0 Å². The second-order valence-electron chi connectivity index (χ2n) is 6.50. The molecule has 0 aliphatic rings. The predicted molar refractivity (Wildman–Crippen MR) is 109 cm³/mol. The monoisotopic (exact) mass is 344 g/mol. The van der Waals surface area contributed by atoms with Crippen LogP contribution in [0.15, 0.2) is 78.4 Å². The van der Waals surface area contributed by atoms with Gasteiger partial charge in [0.25, 0.3) is 0 Å². The summed E-state index contributed by atoms with van der Waals surface area (Å²) in [5.41, 5.74) is 6.57. The van der Waals surface area contributed by atoms with E-state index in [-0.39, 0.29) is 5.69 Å². The third kappa shape index (κ3) is 3.47. The van der Waals surface area contributed by atoms with Crippen molar-refractivity contribution in [1.29, 1.82) is 0 Å². The number of aryl methyl sites for hydroxylation is 2. The van der Waals surface area contributed by atoms with Crippen molar-refractivity contribution >= 4 is 5.57 Å². The van der Waals surface area contributed by atoms with E-state index in [1.165, 1.54) is 16.7 Å². The minimum atomic E-state index is -0.0337. The molecular weight excluding hydrogens is 320 g/mol. The zero-order chi connectivity index (χ0) is 18.7. The normalized spacial score (nSPS) is 11.6. The molecule has 2 aromatic carbocycles. The first-order valence-electron chi connectivity index (χ1n) is 8.77. The molecule has 0 bridgehead atoms. The molecule has 132 valence electrons. The zero-order valence-corrected chi connectivity index (χ0v) is 15.6. The van der Waals surface area contributed by atoms with Crippen LogP contribution in [0.5, 0.6) is 0 Å². The molecule has 0 saturated carbocycles. The largest absolute Gasteiger partial charge is 0.333 e. The molecule has 0 atom stereocenters.